The zero-order valence-electron chi connectivity index (χ0n) is 12.5. The van der Waals surface area contributed by atoms with Gasteiger partial charge in [0.05, 0.1) is 6.20 Å². The van der Waals surface area contributed by atoms with Crippen molar-refractivity contribution in [2.45, 2.75) is 13.5 Å². The Kier molecular flexibility index (Phi) is 4.62. The third-order valence-electron chi connectivity index (χ3n) is 3.06. The van der Waals surface area contributed by atoms with Crippen molar-refractivity contribution in [3.05, 3.63) is 41.7 Å². The van der Waals surface area contributed by atoms with Crippen LogP contribution in [0.1, 0.15) is 11.3 Å². The Balaban J connectivity index is 2.18. The lowest BCUT2D eigenvalue weighted by atomic mass is 10.2. The van der Waals surface area contributed by atoms with Crippen LogP contribution in [0.4, 0.5) is 5.69 Å². The van der Waals surface area contributed by atoms with Crippen LogP contribution in [0.25, 0.3) is 0 Å². The first-order valence-corrected chi connectivity index (χ1v) is 6.60. The van der Waals surface area contributed by atoms with Crippen molar-refractivity contribution in [3.63, 3.8) is 0 Å². The van der Waals surface area contributed by atoms with Crippen LogP contribution in [0, 0.1) is 6.92 Å². The lowest BCUT2D eigenvalue weighted by Gasteiger charge is -2.08. The molecule has 0 bridgehead atoms. The number of aromatic nitrogens is 2. The van der Waals surface area contributed by atoms with Crippen LogP contribution < -0.4 is 21.9 Å². The minimum atomic E-state index is -0.148. The fraction of sp³-hybridized carbons (Fsp3) is 0.214. The third-order valence-corrected chi connectivity index (χ3v) is 3.06. The molecule has 0 aliphatic heterocycles. The summed E-state index contributed by atoms with van der Waals surface area (Å²) in [5.74, 6) is 0.402. The zero-order chi connectivity index (χ0) is 16.1. The largest absolute Gasteiger partial charge is 0.487 e. The van der Waals surface area contributed by atoms with E-state index in [0.717, 1.165) is 11.3 Å². The van der Waals surface area contributed by atoms with E-state index < -0.39 is 0 Å². The first-order valence-electron chi connectivity index (χ1n) is 6.60. The number of rotatable bonds is 4. The second kappa shape index (κ2) is 6.61. The number of nitrogens with two attached hydrogens (primary N) is 3. The van der Waals surface area contributed by atoms with Crippen LogP contribution in [0.15, 0.2) is 40.4 Å². The molecule has 0 saturated carbocycles. The molecule has 6 N–H and O–H groups in total. The summed E-state index contributed by atoms with van der Waals surface area (Å²) in [6.45, 7) is 2.36. The lowest BCUT2D eigenvalue weighted by Crippen LogP contribution is -2.26. The van der Waals surface area contributed by atoms with E-state index in [4.69, 9.17) is 21.9 Å². The van der Waals surface area contributed by atoms with Crippen molar-refractivity contribution in [3.8, 4) is 5.75 Å². The van der Waals surface area contributed by atoms with E-state index in [2.05, 4.69) is 15.1 Å². The third kappa shape index (κ3) is 3.75. The van der Waals surface area contributed by atoms with Gasteiger partial charge in [0.25, 0.3) is 0 Å². The van der Waals surface area contributed by atoms with E-state index >= 15 is 0 Å². The summed E-state index contributed by atoms with van der Waals surface area (Å²) < 4.78 is 7.59. The molecule has 1 aromatic heterocycles. The SMILES string of the molecule is Cc1c(COc2ccccc2N=C(N)N=C(N)N)cnn1C. The van der Waals surface area contributed by atoms with Gasteiger partial charge in [0.2, 0.25) is 5.96 Å². The van der Waals surface area contributed by atoms with Crippen molar-refractivity contribution in [1.29, 1.82) is 0 Å². The quantitative estimate of drug-likeness (QED) is 0.560. The molecule has 1 heterocycles. The van der Waals surface area contributed by atoms with Gasteiger partial charge >= 0.3 is 0 Å². The molecule has 0 saturated heterocycles. The fourth-order valence-corrected chi connectivity index (χ4v) is 1.79. The molecule has 0 aliphatic rings. The number of aryl methyl sites for hydroxylation is 1. The molecule has 0 fully saturated rings. The van der Waals surface area contributed by atoms with Crippen LogP contribution in [-0.2, 0) is 13.7 Å². The Labute approximate surface area is 128 Å². The number of guanidine groups is 2. The number of hydrogen-bond acceptors (Lipinski definition) is 3. The van der Waals surface area contributed by atoms with E-state index in [1.165, 1.54) is 0 Å². The van der Waals surface area contributed by atoms with Gasteiger partial charge in [-0.25, -0.2) is 4.99 Å². The molecule has 0 atom stereocenters. The number of hydrogen-bond donors (Lipinski definition) is 3. The summed E-state index contributed by atoms with van der Waals surface area (Å²) in [6.07, 6.45) is 1.77. The highest BCUT2D eigenvalue weighted by Crippen LogP contribution is 2.27. The van der Waals surface area contributed by atoms with E-state index in [-0.39, 0.29) is 11.9 Å². The maximum Gasteiger partial charge on any atom is 0.223 e. The Morgan fingerprint density at radius 2 is 2.00 bits per heavy atom. The maximum atomic E-state index is 5.80. The second-order valence-electron chi connectivity index (χ2n) is 4.64. The highest BCUT2D eigenvalue weighted by Gasteiger charge is 2.07. The van der Waals surface area contributed by atoms with Crippen LogP contribution in [-0.4, -0.2) is 21.7 Å². The van der Waals surface area contributed by atoms with E-state index in [0.29, 0.717) is 18.0 Å². The maximum absolute atomic E-state index is 5.80. The van der Waals surface area contributed by atoms with Crippen molar-refractivity contribution < 1.29 is 4.74 Å². The molecular formula is C14H19N7O. The molecule has 22 heavy (non-hydrogen) atoms. The van der Waals surface area contributed by atoms with Gasteiger partial charge in [0, 0.05) is 18.3 Å². The summed E-state index contributed by atoms with van der Waals surface area (Å²) in [5, 5.41) is 4.18. The van der Waals surface area contributed by atoms with Crippen LogP contribution in [0.2, 0.25) is 0 Å². The predicted molar refractivity (Wildman–Crippen MR) is 85.8 cm³/mol. The Morgan fingerprint density at radius 3 is 2.64 bits per heavy atom. The predicted octanol–water partition coefficient (Wildman–Crippen LogP) is 0.527. The normalized spacial score (nSPS) is 11.3. The molecule has 0 unspecified atom stereocenters. The highest BCUT2D eigenvalue weighted by atomic mass is 16.5. The molecule has 2 aromatic rings. The number of aliphatic imine (C=N–C) groups is 2. The Morgan fingerprint density at radius 1 is 1.27 bits per heavy atom. The monoisotopic (exact) mass is 301 g/mol. The molecule has 1 aromatic carbocycles. The van der Waals surface area contributed by atoms with E-state index in [1.807, 2.05) is 26.1 Å². The molecule has 0 spiro atoms. The van der Waals surface area contributed by atoms with Crippen molar-refractivity contribution in [1.82, 2.24) is 9.78 Å². The second-order valence-corrected chi connectivity index (χ2v) is 4.64. The fourth-order valence-electron chi connectivity index (χ4n) is 1.79. The van der Waals surface area contributed by atoms with Crippen molar-refractivity contribution >= 4 is 17.6 Å². The summed E-state index contributed by atoms with van der Waals surface area (Å²) in [4.78, 5) is 7.82. The Hall–Kier alpha value is -3.03. The topological polar surface area (TPSA) is 130 Å². The van der Waals surface area contributed by atoms with Crippen LogP contribution in [0.5, 0.6) is 5.75 Å². The van der Waals surface area contributed by atoms with Gasteiger partial charge in [0.1, 0.15) is 18.0 Å². The lowest BCUT2D eigenvalue weighted by molar-refractivity contribution is 0.306. The first-order chi connectivity index (χ1) is 10.5. The standard InChI is InChI=1S/C14H19N7O/c1-9-10(7-18-21(9)2)8-22-12-6-4-3-5-11(12)19-14(17)20-13(15)16/h3-7H,8H2,1-2H3,(H6,15,16,17,19,20). The van der Waals surface area contributed by atoms with Crippen molar-refractivity contribution in [2.75, 3.05) is 0 Å². The number of ether oxygens (including phenoxy) is 1. The minimum Gasteiger partial charge on any atom is -0.487 e. The smallest absolute Gasteiger partial charge is 0.223 e. The van der Waals surface area contributed by atoms with Crippen molar-refractivity contribution in [2.24, 2.45) is 34.2 Å². The number of nitrogens with zero attached hydrogens (tertiary/aromatic N) is 4. The van der Waals surface area contributed by atoms with Gasteiger partial charge in [-0.2, -0.15) is 10.1 Å². The zero-order valence-corrected chi connectivity index (χ0v) is 12.5. The van der Waals surface area contributed by atoms with Crippen LogP contribution >= 0.6 is 0 Å². The number of benzene rings is 1. The van der Waals surface area contributed by atoms with E-state index in [1.54, 1.807) is 23.0 Å². The molecular weight excluding hydrogens is 282 g/mol. The number of para-hydroxylation sites is 2. The van der Waals surface area contributed by atoms with Crippen LogP contribution in [0.3, 0.4) is 0 Å². The Bertz CT molecular complexity index is 714. The summed E-state index contributed by atoms with van der Waals surface area (Å²) >= 11 is 0. The molecule has 8 nitrogen and oxygen atoms in total. The minimum absolute atomic E-state index is 0.0337. The molecule has 0 aliphatic carbocycles. The first kappa shape index (κ1) is 15.4. The average Bonchev–Trinajstić information content (AvgIpc) is 2.77. The molecule has 8 heteroatoms. The van der Waals surface area contributed by atoms with Gasteiger partial charge in [-0.3, -0.25) is 4.68 Å². The molecule has 0 amide bonds. The average molecular weight is 301 g/mol. The molecule has 0 radical (unpaired) electrons. The molecule has 2 rings (SSSR count). The summed E-state index contributed by atoms with van der Waals surface area (Å²) in [7, 11) is 1.88. The highest BCUT2D eigenvalue weighted by molar-refractivity contribution is 5.93. The van der Waals surface area contributed by atoms with Gasteiger partial charge in [0.15, 0.2) is 5.96 Å². The van der Waals surface area contributed by atoms with Gasteiger partial charge in [-0.1, -0.05) is 12.1 Å². The molecule has 116 valence electrons. The van der Waals surface area contributed by atoms with E-state index in [9.17, 15) is 0 Å². The van der Waals surface area contributed by atoms with Gasteiger partial charge in [-0.05, 0) is 19.1 Å². The van der Waals surface area contributed by atoms with Gasteiger partial charge in [-0.15, -0.1) is 0 Å². The summed E-state index contributed by atoms with van der Waals surface area (Å²) in [5.41, 5.74) is 18.8. The summed E-state index contributed by atoms with van der Waals surface area (Å²) in [6, 6.07) is 7.23. The van der Waals surface area contributed by atoms with Gasteiger partial charge < -0.3 is 21.9 Å².